The smallest absolute Gasteiger partial charge is 0.123 e. The number of benzene rings is 2. The van der Waals surface area contributed by atoms with Crippen LogP contribution in [0.15, 0.2) is 36.4 Å². The van der Waals surface area contributed by atoms with Crippen LogP contribution < -0.4 is 11.5 Å². The van der Waals surface area contributed by atoms with Crippen LogP contribution in [-0.2, 0) is 0 Å². The minimum Gasteiger partial charge on any atom is -0.507 e. The molecule has 3 nitrogen and oxygen atoms in total. The molecule has 0 atom stereocenters. The number of hydrogen-bond acceptors (Lipinski definition) is 3. The normalized spacial score (nSPS) is 10.3. The van der Waals surface area contributed by atoms with E-state index in [1.165, 1.54) is 0 Å². The van der Waals surface area contributed by atoms with Crippen molar-refractivity contribution in [3.8, 4) is 16.9 Å². The van der Waals surface area contributed by atoms with Gasteiger partial charge in [-0.05, 0) is 36.8 Å². The van der Waals surface area contributed by atoms with Gasteiger partial charge >= 0.3 is 0 Å². The van der Waals surface area contributed by atoms with E-state index in [0.29, 0.717) is 16.9 Å². The van der Waals surface area contributed by atoms with Crippen molar-refractivity contribution in [2.75, 3.05) is 11.5 Å². The number of nitrogens with two attached hydrogens (primary N) is 2. The molecule has 0 spiro atoms. The van der Waals surface area contributed by atoms with Gasteiger partial charge in [0.25, 0.3) is 0 Å². The second-order valence-electron chi connectivity index (χ2n) is 3.87. The molecule has 3 heteroatoms. The van der Waals surface area contributed by atoms with Crippen LogP contribution in [-0.4, -0.2) is 5.11 Å². The van der Waals surface area contributed by atoms with Crippen molar-refractivity contribution in [2.24, 2.45) is 0 Å². The van der Waals surface area contributed by atoms with Gasteiger partial charge < -0.3 is 16.6 Å². The summed E-state index contributed by atoms with van der Waals surface area (Å²) in [6, 6.07) is 10.7. The molecule has 0 fully saturated rings. The van der Waals surface area contributed by atoms with Crippen molar-refractivity contribution in [1.82, 2.24) is 0 Å². The predicted octanol–water partition coefficient (Wildman–Crippen LogP) is 2.53. The summed E-state index contributed by atoms with van der Waals surface area (Å²) in [7, 11) is 0. The summed E-state index contributed by atoms with van der Waals surface area (Å²) >= 11 is 0. The zero-order chi connectivity index (χ0) is 11.7. The van der Waals surface area contributed by atoms with Crippen LogP contribution in [0.25, 0.3) is 11.1 Å². The van der Waals surface area contributed by atoms with E-state index in [4.69, 9.17) is 11.5 Å². The maximum Gasteiger partial charge on any atom is 0.123 e. The van der Waals surface area contributed by atoms with Crippen LogP contribution in [0.4, 0.5) is 11.4 Å². The molecule has 2 aromatic carbocycles. The number of hydrogen-bond donors (Lipinski definition) is 3. The van der Waals surface area contributed by atoms with Gasteiger partial charge in [0, 0.05) is 22.5 Å². The van der Waals surface area contributed by atoms with E-state index in [1.54, 1.807) is 18.2 Å². The zero-order valence-electron chi connectivity index (χ0n) is 9.07. The van der Waals surface area contributed by atoms with Crippen LogP contribution >= 0.6 is 0 Å². The van der Waals surface area contributed by atoms with Crippen LogP contribution in [0.1, 0.15) is 5.56 Å². The first-order valence-electron chi connectivity index (χ1n) is 5.03. The largest absolute Gasteiger partial charge is 0.507 e. The molecule has 0 bridgehead atoms. The van der Waals surface area contributed by atoms with Gasteiger partial charge in [-0.2, -0.15) is 0 Å². The Morgan fingerprint density at radius 2 is 1.69 bits per heavy atom. The third-order valence-electron chi connectivity index (χ3n) is 2.52. The molecule has 0 heterocycles. The molecule has 0 amide bonds. The van der Waals surface area contributed by atoms with E-state index in [0.717, 1.165) is 11.1 Å². The lowest BCUT2D eigenvalue weighted by molar-refractivity contribution is 0.477. The Bertz CT molecular complexity index is 535. The van der Waals surface area contributed by atoms with Gasteiger partial charge in [-0.15, -0.1) is 0 Å². The summed E-state index contributed by atoms with van der Waals surface area (Å²) in [4.78, 5) is 0. The molecule has 0 aliphatic heterocycles. The highest BCUT2D eigenvalue weighted by Gasteiger charge is 2.07. The number of aryl methyl sites for hydroxylation is 1. The first-order chi connectivity index (χ1) is 7.58. The second-order valence-corrected chi connectivity index (χ2v) is 3.87. The van der Waals surface area contributed by atoms with Crippen LogP contribution in [0.2, 0.25) is 0 Å². The summed E-state index contributed by atoms with van der Waals surface area (Å²) in [5.41, 5.74) is 15.4. The second kappa shape index (κ2) is 3.77. The van der Waals surface area contributed by atoms with Gasteiger partial charge in [-0.25, -0.2) is 0 Å². The number of rotatable bonds is 1. The lowest BCUT2D eigenvalue weighted by Gasteiger charge is -2.09. The van der Waals surface area contributed by atoms with Gasteiger partial charge in [0.05, 0.1) is 0 Å². The number of phenols is 1. The van der Waals surface area contributed by atoms with Crippen LogP contribution in [0, 0.1) is 6.92 Å². The lowest BCUT2D eigenvalue weighted by atomic mass is 10.0. The Morgan fingerprint density at radius 1 is 0.938 bits per heavy atom. The first-order valence-corrected chi connectivity index (χ1v) is 5.03. The molecule has 5 N–H and O–H groups in total. The lowest BCUT2D eigenvalue weighted by Crippen LogP contribution is -1.92. The Kier molecular flexibility index (Phi) is 2.44. The molecular formula is C13H14N2O. The molecule has 0 saturated heterocycles. The SMILES string of the molecule is Cc1ccc(-c2cc(N)ccc2O)c(N)c1. The average Bonchev–Trinajstić information content (AvgIpc) is 2.22. The molecule has 0 aliphatic carbocycles. The van der Waals surface area contributed by atoms with Crippen molar-refractivity contribution in [3.05, 3.63) is 42.0 Å². The summed E-state index contributed by atoms with van der Waals surface area (Å²) in [5, 5.41) is 9.77. The molecule has 0 aliphatic rings. The predicted molar refractivity (Wildman–Crippen MR) is 67.1 cm³/mol. The number of nitrogen functional groups attached to an aromatic ring is 2. The summed E-state index contributed by atoms with van der Waals surface area (Å²) in [6.07, 6.45) is 0. The van der Waals surface area contributed by atoms with E-state index >= 15 is 0 Å². The Hall–Kier alpha value is -2.16. The summed E-state index contributed by atoms with van der Waals surface area (Å²) < 4.78 is 0. The third-order valence-corrected chi connectivity index (χ3v) is 2.52. The van der Waals surface area contributed by atoms with Crippen molar-refractivity contribution in [2.45, 2.75) is 6.92 Å². The molecule has 0 radical (unpaired) electrons. The topological polar surface area (TPSA) is 72.3 Å². The maximum absolute atomic E-state index is 9.77. The number of anilines is 2. The highest BCUT2D eigenvalue weighted by Crippen LogP contribution is 2.34. The van der Waals surface area contributed by atoms with E-state index < -0.39 is 0 Å². The average molecular weight is 214 g/mol. The summed E-state index contributed by atoms with van der Waals surface area (Å²) in [5.74, 6) is 0.185. The Balaban J connectivity index is 2.62. The minimum absolute atomic E-state index is 0.185. The van der Waals surface area contributed by atoms with Crippen molar-refractivity contribution in [1.29, 1.82) is 0 Å². The molecule has 16 heavy (non-hydrogen) atoms. The molecule has 0 unspecified atom stereocenters. The minimum atomic E-state index is 0.185. The fraction of sp³-hybridized carbons (Fsp3) is 0.0769. The molecule has 82 valence electrons. The Labute approximate surface area is 94.3 Å². The van der Waals surface area contributed by atoms with E-state index in [1.807, 2.05) is 25.1 Å². The van der Waals surface area contributed by atoms with Gasteiger partial charge in [0.2, 0.25) is 0 Å². The van der Waals surface area contributed by atoms with Gasteiger partial charge in [0.1, 0.15) is 5.75 Å². The molecule has 0 aromatic heterocycles. The van der Waals surface area contributed by atoms with Gasteiger partial charge in [0.15, 0.2) is 0 Å². The standard InChI is InChI=1S/C13H14N2O/c1-8-2-4-10(12(15)6-8)11-7-9(14)3-5-13(11)16/h2-7,16H,14-15H2,1H3. The zero-order valence-corrected chi connectivity index (χ0v) is 9.07. The highest BCUT2D eigenvalue weighted by atomic mass is 16.3. The quantitative estimate of drug-likeness (QED) is 0.504. The fourth-order valence-electron chi connectivity index (χ4n) is 1.70. The van der Waals surface area contributed by atoms with Gasteiger partial charge in [-0.1, -0.05) is 12.1 Å². The molecule has 0 saturated carbocycles. The summed E-state index contributed by atoms with van der Waals surface area (Å²) in [6.45, 7) is 1.97. The van der Waals surface area contributed by atoms with Crippen molar-refractivity contribution >= 4 is 11.4 Å². The maximum atomic E-state index is 9.77. The molecule has 2 aromatic rings. The first kappa shape index (κ1) is 10.4. The molecule has 2 rings (SSSR count). The van der Waals surface area contributed by atoms with E-state index in [9.17, 15) is 5.11 Å². The fourth-order valence-corrected chi connectivity index (χ4v) is 1.70. The van der Waals surface area contributed by atoms with Crippen LogP contribution in [0.5, 0.6) is 5.75 Å². The van der Waals surface area contributed by atoms with Gasteiger partial charge in [-0.3, -0.25) is 0 Å². The third kappa shape index (κ3) is 1.80. The van der Waals surface area contributed by atoms with Crippen LogP contribution in [0.3, 0.4) is 0 Å². The molecular weight excluding hydrogens is 200 g/mol. The van der Waals surface area contributed by atoms with E-state index in [2.05, 4.69) is 0 Å². The Morgan fingerprint density at radius 3 is 2.38 bits per heavy atom. The van der Waals surface area contributed by atoms with Crippen molar-refractivity contribution in [3.63, 3.8) is 0 Å². The van der Waals surface area contributed by atoms with E-state index in [-0.39, 0.29) is 5.75 Å². The number of aromatic hydroxyl groups is 1. The number of phenolic OH excluding ortho intramolecular Hbond substituents is 1. The highest BCUT2D eigenvalue weighted by molar-refractivity contribution is 5.82. The monoisotopic (exact) mass is 214 g/mol. The van der Waals surface area contributed by atoms with Crippen molar-refractivity contribution < 1.29 is 5.11 Å².